The Labute approximate surface area is 98.2 Å². The zero-order valence-corrected chi connectivity index (χ0v) is 11.1. The molecule has 0 aromatic carbocycles. The number of rotatable bonds is 5. The van der Waals surface area contributed by atoms with E-state index >= 15 is 0 Å². The second-order valence-electron chi connectivity index (χ2n) is 4.86. The minimum Gasteiger partial charge on any atom is -0.392 e. The van der Waals surface area contributed by atoms with Crippen LogP contribution in [0.25, 0.3) is 0 Å². The van der Waals surface area contributed by atoms with Crippen molar-refractivity contribution >= 4 is 11.8 Å². The Balaban J connectivity index is 2.38. The number of hydrogen-bond donors (Lipinski definition) is 2. The SMILES string of the molecule is CSC1(CNC(C)C(C)O)CCCCC1. The van der Waals surface area contributed by atoms with Crippen LogP contribution in [0.2, 0.25) is 0 Å². The highest BCUT2D eigenvalue weighted by molar-refractivity contribution is 8.00. The largest absolute Gasteiger partial charge is 0.392 e. The summed E-state index contributed by atoms with van der Waals surface area (Å²) in [5, 5.41) is 12.9. The van der Waals surface area contributed by atoms with Gasteiger partial charge in [-0.15, -0.1) is 0 Å². The highest BCUT2D eigenvalue weighted by atomic mass is 32.2. The van der Waals surface area contributed by atoms with Gasteiger partial charge in [-0.2, -0.15) is 11.8 Å². The molecule has 0 heterocycles. The maximum atomic E-state index is 9.44. The van der Waals surface area contributed by atoms with E-state index in [-0.39, 0.29) is 12.1 Å². The summed E-state index contributed by atoms with van der Waals surface area (Å²) in [4.78, 5) is 0. The average Bonchev–Trinajstić information content (AvgIpc) is 2.27. The van der Waals surface area contributed by atoms with Gasteiger partial charge in [0, 0.05) is 17.3 Å². The Hall–Kier alpha value is 0.270. The maximum absolute atomic E-state index is 9.44. The fraction of sp³-hybridized carbons (Fsp3) is 1.00. The van der Waals surface area contributed by atoms with Crippen LogP contribution in [0.15, 0.2) is 0 Å². The lowest BCUT2D eigenvalue weighted by molar-refractivity contribution is 0.149. The molecule has 0 amide bonds. The van der Waals surface area contributed by atoms with Crippen molar-refractivity contribution < 1.29 is 5.11 Å². The summed E-state index contributed by atoms with van der Waals surface area (Å²) >= 11 is 2.00. The fourth-order valence-corrected chi connectivity index (χ4v) is 3.09. The third-order valence-electron chi connectivity index (χ3n) is 3.67. The summed E-state index contributed by atoms with van der Waals surface area (Å²) in [5.74, 6) is 0. The smallest absolute Gasteiger partial charge is 0.0662 e. The van der Waals surface area contributed by atoms with Crippen LogP contribution in [0.1, 0.15) is 46.0 Å². The van der Waals surface area contributed by atoms with Crippen molar-refractivity contribution in [2.75, 3.05) is 12.8 Å². The summed E-state index contributed by atoms with van der Waals surface area (Å²) in [5.41, 5.74) is 0. The highest BCUT2D eigenvalue weighted by Gasteiger charge is 2.31. The van der Waals surface area contributed by atoms with Gasteiger partial charge >= 0.3 is 0 Å². The van der Waals surface area contributed by atoms with E-state index in [0.717, 1.165) is 6.54 Å². The van der Waals surface area contributed by atoms with E-state index in [1.807, 2.05) is 18.7 Å². The topological polar surface area (TPSA) is 32.3 Å². The molecular weight excluding hydrogens is 206 g/mol. The van der Waals surface area contributed by atoms with Gasteiger partial charge in [-0.3, -0.25) is 0 Å². The highest BCUT2D eigenvalue weighted by Crippen LogP contribution is 2.38. The van der Waals surface area contributed by atoms with E-state index in [1.165, 1.54) is 32.1 Å². The van der Waals surface area contributed by atoms with E-state index < -0.39 is 0 Å². The number of hydrogen-bond acceptors (Lipinski definition) is 3. The van der Waals surface area contributed by atoms with Crippen molar-refractivity contribution in [3.05, 3.63) is 0 Å². The second kappa shape index (κ2) is 6.12. The summed E-state index contributed by atoms with van der Waals surface area (Å²) < 4.78 is 0.432. The summed E-state index contributed by atoms with van der Waals surface area (Å²) in [7, 11) is 0. The molecule has 0 saturated heterocycles. The van der Waals surface area contributed by atoms with Gasteiger partial charge in [0.15, 0.2) is 0 Å². The molecule has 2 atom stereocenters. The number of thioether (sulfide) groups is 1. The van der Waals surface area contributed by atoms with Gasteiger partial charge < -0.3 is 10.4 Å². The molecule has 0 aliphatic heterocycles. The predicted molar refractivity (Wildman–Crippen MR) is 68.5 cm³/mol. The minimum absolute atomic E-state index is 0.205. The molecular formula is C12H25NOS. The first-order valence-corrected chi connectivity index (χ1v) is 7.29. The molecule has 1 saturated carbocycles. The van der Waals surface area contributed by atoms with Crippen molar-refractivity contribution in [2.24, 2.45) is 0 Å². The molecule has 2 nitrogen and oxygen atoms in total. The zero-order valence-electron chi connectivity index (χ0n) is 10.3. The monoisotopic (exact) mass is 231 g/mol. The van der Waals surface area contributed by atoms with Crippen LogP contribution in [-0.2, 0) is 0 Å². The average molecular weight is 231 g/mol. The van der Waals surface area contributed by atoms with E-state index in [2.05, 4.69) is 18.5 Å². The Bertz CT molecular complexity index is 178. The molecule has 2 N–H and O–H groups in total. The molecule has 0 spiro atoms. The Morgan fingerprint density at radius 3 is 2.33 bits per heavy atom. The van der Waals surface area contributed by atoms with Crippen molar-refractivity contribution in [1.82, 2.24) is 5.32 Å². The minimum atomic E-state index is -0.257. The molecule has 2 unspecified atom stereocenters. The third-order valence-corrected chi connectivity index (χ3v) is 5.09. The van der Waals surface area contributed by atoms with Gasteiger partial charge in [-0.25, -0.2) is 0 Å². The Morgan fingerprint density at radius 1 is 1.27 bits per heavy atom. The Kier molecular flexibility index (Phi) is 5.44. The van der Waals surface area contributed by atoms with E-state index in [0.29, 0.717) is 4.75 Å². The van der Waals surface area contributed by atoms with Crippen molar-refractivity contribution in [3.8, 4) is 0 Å². The van der Waals surface area contributed by atoms with Gasteiger partial charge in [0.25, 0.3) is 0 Å². The van der Waals surface area contributed by atoms with E-state index in [1.54, 1.807) is 0 Å². The van der Waals surface area contributed by atoms with Crippen molar-refractivity contribution in [3.63, 3.8) is 0 Å². The molecule has 15 heavy (non-hydrogen) atoms. The Morgan fingerprint density at radius 2 is 1.87 bits per heavy atom. The molecule has 3 heteroatoms. The zero-order chi connectivity index (χ0) is 11.3. The predicted octanol–water partition coefficient (Wildman–Crippen LogP) is 2.41. The first-order chi connectivity index (χ1) is 7.09. The molecule has 0 aromatic heterocycles. The first-order valence-electron chi connectivity index (χ1n) is 6.06. The summed E-state index contributed by atoms with van der Waals surface area (Å²) in [6, 6.07) is 0.205. The lowest BCUT2D eigenvalue weighted by Crippen LogP contribution is -2.45. The number of nitrogens with one attached hydrogen (secondary N) is 1. The maximum Gasteiger partial charge on any atom is 0.0662 e. The van der Waals surface area contributed by atoms with Crippen LogP contribution in [-0.4, -0.2) is 34.8 Å². The quantitative estimate of drug-likeness (QED) is 0.762. The van der Waals surface area contributed by atoms with E-state index in [9.17, 15) is 5.11 Å². The molecule has 0 aromatic rings. The van der Waals surface area contributed by atoms with Crippen molar-refractivity contribution in [2.45, 2.75) is 62.8 Å². The summed E-state index contributed by atoms with van der Waals surface area (Å²) in [6.45, 7) is 4.95. The van der Waals surface area contributed by atoms with Crippen molar-refractivity contribution in [1.29, 1.82) is 0 Å². The fourth-order valence-electron chi connectivity index (χ4n) is 2.17. The molecule has 90 valence electrons. The molecule has 1 fully saturated rings. The van der Waals surface area contributed by atoms with Crippen LogP contribution in [0.4, 0.5) is 0 Å². The second-order valence-corrected chi connectivity index (χ2v) is 6.13. The standard InChI is InChI=1S/C12H25NOS/c1-10(11(2)14)13-9-12(15-3)7-5-4-6-8-12/h10-11,13-14H,4-9H2,1-3H3. The molecule has 1 rings (SSSR count). The molecule has 1 aliphatic rings. The van der Waals surface area contributed by atoms with Gasteiger partial charge in [0.05, 0.1) is 6.10 Å². The molecule has 0 radical (unpaired) electrons. The number of aliphatic hydroxyl groups excluding tert-OH is 1. The van der Waals surface area contributed by atoms with Crippen LogP contribution in [0.5, 0.6) is 0 Å². The normalized spacial score (nSPS) is 24.8. The molecule has 0 bridgehead atoms. The van der Waals surface area contributed by atoms with Crippen LogP contribution >= 0.6 is 11.8 Å². The van der Waals surface area contributed by atoms with Gasteiger partial charge in [-0.05, 0) is 32.9 Å². The van der Waals surface area contributed by atoms with Gasteiger partial charge in [0.2, 0.25) is 0 Å². The number of aliphatic hydroxyl groups is 1. The lowest BCUT2D eigenvalue weighted by atomic mass is 9.88. The van der Waals surface area contributed by atoms with Gasteiger partial charge in [-0.1, -0.05) is 19.3 Å². The summed E-state index contributed by atoms with van der Waals surface area (Å²) in [6.07, 6.45) is 8.75. The van der Waals surface area contributed by atoms with Crippen LogP contribution in [0, 0.1) is 0 Å². The van der Waals surface area contributed by atoms with Crippen LogP contribution in [0.3, 0.4) is 0 Å². The van der Waals surface area contributed by atoms with Gasteiger partial charge in [0.1, 0.15) is 0 Å². The molecule has 1 aliphatic carbocycles. The third kappa shape index (κ3) is 3.97. The van der Waals surface area contributed by atoms with Crippen LogP contribution < -0.4 is 5.32 Å². The van der Waals surface area contributed by atoms with E-state index in [4.69, 9.17) is 0 Å². The lowest BCUT2D eigenvalue weighted by Gasteiger charge is -2.37. The first kappa shape index (κ1) is 13.3.